The van der Waals surface area contributed by atoms with Crippen LogP contribution in [-0.2, 0) is 6.42 Å². The molecule has 0 aromatic carbocycles. The van der Waals surface area contributed by atoms with Crippen LogP contribution in [0, 0.1) is 6.07 Å². The van der Waals surface area contributed by atoms with Crippen molar-refractivity contribution in [3.63, 3.8) is 0 Å². The van der Waals surface area contributed by atoms with E-state index in [2.05, 4.69) is 23.0 Å². The van der Waals surface area contributed by atoms with Gasteiger partial charge in [0, 0.05) is 29.7 Å². The Bertz CT molecular complexity index is 523. The van der Waals surface area contributed by atoms with Crippen LogP contribution in [0.1, 0.15) is 36.2 Å². The largest absolute Gasteiger partial charge is 0.294 e. The Hall–Kier alpha value is -2.03. The highest BCUT2D eigenvalue weighted by molar-refractivity contribution is 6.08. The van der Waals surface area contributed by atoms with Gasteiger partial charge in [-0.05, 0) is 37.1 Å². The van der Waals surface area contributed by atoms with Crippen LogP contribution in [0.3, 0.4) is 0 Å². The minimum absolute atomic E-state index is 0.161. The Morgan fingerprint density at radius 1 is 1.33 bits per heavy atom. The van der Waals surface area contributed by atoms with Gasteiger partial charge < -0.3 is 0 Å². The molecule has 0 atom stereocenters. The molecule has 0 unspecified atom stereocenters. The number of fused-ring (bicyclic) bond motifs is 1. The summed E-state index contributed by atoms with van der Waals surface area (Å²) in [4.78, 5) is 18.9. The first-order valence-corrected chi connectivity index (χ1v) is 6.05. The van der Waals surface area contributed by atoms with Crippen LogP contribution in [0.25, 0.3) is 11.3 Å². The number of ketones is 1. The summed E-state index contributed by atoms with van der Waals surface area (Å²) < 4.78 is 0. The number of rotatable bonds is 3. The van der Waals surface area contributed by atoms with Crippen LogP contribution in [0.4, 0.5) is 0 Å². The number of carbonyl (C=O) groups excluding carboxylic acids is 1. The molecule has 2 aliphatic rings. The highest BCUT2D eigenvalue weighted by Crippen LogP contribution is 2.40. The monoisotopic (exact) mass is 239 g/mol. The third-order valence-electron chi connectivity index (χ3n) is 2.81. The average molecular weight is 239 g/mol. The van der Waals surface area contributed by atoms with Crippen LogP contribution in [0.2, 0.25) is 0 Å². The second-order valence-corrected chi connectivity index (χ2v) is 4.13. The van der Waals surface area contributed by atoms with Crippen LogP contribution >= 0.6 is 0 Å². The quantitative estimate of drug-likeness (QED) is 0.659. The normalized spacial score (nSPS) is 10.3. The highest BCUT2D eigenvalue weighted by atomic mass is 16.1. The lowest BCUT2D eigenvalue weighted by Crippen LogP contribution is -2.16. The van der Waals surface area contributed by atoms with Gasteiger partial charge in [-0.3, -0.25) is 14.8 Å². The number of aromatic nitrogens is 2. The Balaban J connectivity index is 0.000000169. The zero-order chi connectivity index (χ0) is 13.0. The molecule has 0 N–H and O–H groups in total. The fourth-order valence-electron chi connectivity index (χ4n) is 2.00. The molecule has 1 aliphatic carbocycles. The number of carbonyl (C=O) groups is 1. The first-order valence-electron chi connectivity index (χ1n) is 6.05. The molecule has 3 heteroatoms. The van der Waals surface area contributed by atoms with Crippen molar-refractivity contribution in [1.29, 1.82) is 0 Å². The van der Waals surface area contributed by atoms with Crippen LogP contribution in [0.5, 0.6) is 0 Å². The van der Waals surface area contributed by atoms with Crippen molar-refractivity contribution in [2.24, 2.45) is 0 Å². The molecule has 2 heterocycles. The Kier molecular flexibility index (Phi) is 3.82. The molecule has 18 heavy (non-hydrogen) atoms. The zero-order valence-corrected chi connectivity index (χ0v) is 10.6. The number of pyridine rings is 2. The third kappa shape index (κ3) is 2.30. The van der Waals surface area contributed by atoms with E-state index in [-0.39, 0.29) is 5.78 Å². The standard InChI is InChI=1S/C10H11NO.C5H4N/c1-3-4-7-8-5-11-10(8)9(7)6(2)12;1-2-4-6-5-3-1/h5H,3-4H2,1-2H3;2-5H. The fraction of sp³-hybridized carbons (Fsp3) is 0.267. The molecular formula is C15H15N2O. The fourth-order valence-corrected chi connectivity index (χ4v) is 2.00. The number of Topliss-reactive ketones (excluding diaryl/α,β-unsaturated/α-hetero) is 1. The summed E-state index contributed by atoms with van der Waals surface area (Å²) in [5, 5.41) is 0. The van der Waals surface area contributed by atoms with Gasteiger partial charge in [0.1, 0.15) is 0 Å². The average Bonchev–Trinajstić information content (AvgIpc) is 2.36. The summed E-state index contributed by atoms with van der Waals surface area (Å²) in [5.74, 6) is 0.161. The highest BCUT2D eigenvalue weighted by Gasteiger charge is 2.29. The lowest BCUT2D eigenvalue weighted by atomic mass is 9.82. The maximum absolute atomic E-state index is 11.1. The van der Waals surface area contributed by atoms with Crippen LogP contribution in [0.15, 0.2) is 30.7 Å². The van der Waals surface area contributed by atoms with E-state index in [9.17, 15) is 4.79 Å². The number of hydrogen-bond acceptors (Lipinski definition) is 3. The zero-order valence-electron chi connectivity index (χ0n) is 10.6. The van der Waals surface area contributed by atoms with E-state index in [0.29, 0.717) is 0 Å². The van der Waals surface area contributed by atoms with Crippen molar-refractivity contribution in [3.8, 4) is 11.3 Å². The van der Waals surface area contributed by atoms with E-state index >= 15 is 0 Å². The SMILES string of the molecule is CCCc1c2cnc-2c1C(C)=O.[c]1ccncc1. The summed E-state index contributed by atoms with van der Waals surface area (Å²) in [6.07, 6.45) is 7.35. The Morgan fingerprint density at radius 3 is 2.39 bits per heavy atom. The van der Waals surface area contributed by atoms with Gasteiger partial charge in [-0.1, -0.05) is 13.3 Å². The number of hydrogen-bond donors (Lipinski definition) is 0. The topological polar surface area (TPSA) is 42.9 Å². The smallest absolute Gasteiger partial charge is 0.162 e. The molecule has 0 bridgehead atoms. The molecule has 1 radical (unpaired) electrons. The van der Waals surface area contributed by atoms with Crippen molar-refractivity contribution in [2.45, 2.75) is 26.7 Å². The van der Waals surface area contributed by atoms with Crippen molar-refractivity contribution in [1.82, 2.24) is 9.97 Å². The van der Waals surface area contributed by atoms with Gasteiger partial charge in [0.25, 0.3) is 0 Å². The molecule has 1 aliphatic heterocycles. The minimum atomic E-state index is 0.161. The van der Waals surface area contributed by atoms with Crippen LogP contribution < -0.4 is 0 Å². The van der Waals surface area contributed by atoms with Crippen molar-refractivity contribution in [2.75, 3.05) is 0 Å². The van der Waals surface area contributed by atoms with Gasteiger partial charge in [-0.25, -0.2) is 0 Å². The van der Waals surface area contributed by atoms with Gasteiger partial charge >= 0.3 is 0 Å². The first-order chi connectivity index (χ1) is 8.75. The van der Waals surface area contributed by atoms with Crippen LogP contribution in [-0.4, -0.2) is 15.8 Å². The van der Waals surface area contributed by atoms with Crippen molar-refractivity contribution in [3.05, 3.63) is 47.9 Å². The lowest BCUT2D eigenvalue weighted by molar-refractivity contribution is 0.101. The van der Waals surface area contributed by atoms with E-state index in [1.165, 1.54) is 11.1 Å². The minimum Gasteiger partial charge on any atom is -0.294 e. The van der Waals surface area contributed by atoms with Gasteiger partial charge in [0.15, 0.2) is 5.78 Å². The van der Waals surface area contributed by atoms with Crippen molar-refractivity contribution >= 4 is 5.78 Å². The summed E-state index contributed by atoms with van der Waals surface area (Å²) in [5.41, 5.74) is 4.29. The van der Waals surface area contributed by atoms with E-state index in [1.54, 1.807) is 31.5 Å². The molecular weight excluding hydrogens is 224 g/mol. The van der Waals surface area contributed by atoms with E-state index in [0.717, 1.165) is 24.1 Å². The van der Waals surface area contributed by atoms with E-state index < -0.39 is 0 Å². The molecule has 0 saturated carbocycles. The predicted octanol–water partition coefficient (Wildman–Crippen LogP) is 3.10. The van der Waals surface area contributed by atoms with Gasteiger partial charge in [-0.15, -0.1) is 0 Å². The molecule has 1 aromatic rings. The summed E-state index contributed by atoms with van der Waals surface area (Å²) in [7, 11) is 0. The number of nitrogens with zero attached hydrogens (tertiary/aromatic N) is 2. The Labute approximate surface area is 107 Å². The molecule has 0 fully saturated rings. The first kappa shape index (κ1) is 12.4. The second kappa shape index (κ2) is 5.54. The molecule has 0 amide bonds. The van der Waals surface area contributed by atoms with Gasteiger partial charge in [0.2, 0.25) is 0 Å². The molecule has 1 aromatic heterocycles. The molecule has 0 spiro atoms. The third-order valence-corrected chi connectivity index (χ3v) is 2.81. The molecule has 0 saturated heterocycles. The Morgan fingerprint density at radius 2 is 2.06 bits per heavy atom. The van der Waals surface area contributed by atoms with E-state index in [4.69, 9.17) is 0 Å². The molecule has 3 rings (SSSR count). The summed E-state index contributed by atoms with van der Waals surface area (Å²) in [6.45, 7) is 3.74. The van der Waals surface area contributed by atoms with Crippen molar-refractivity contribution < 1.29 is 4.79 Å². The summed E-state index contributed by atoms with van der Waals surface area (Å²) >= 11 is 0. The maximum Gasteiger partial charge on any atom is 0.162 e. The second-order valence-electron chi connectivity index (χ2n) is 4.13. The van der Waals surface area contributed by atoms with Gasteiger partial charge in [-0.2, -0.15) is 0 Å². The maximum atomic E-state index is 11.1. The predicted molar refractivity (Wildman–Crippen MR) is 70.3 cm³/mol. The molecule has 91 valence electrons. The van der Waals surface area contributed by atoms with E-state index in [1.807, 2.05) is 6.20 Å². The summed E-state index contributed by atoms with van der Waals surface area (Å²) in [6, 6.07) is 6.36. The lowest BCUT2D eigenvalue weighted by Gasteiger charge is -2.24. The molecule has 3 nitrogen and oxygen atoms in total. The van der Waals surface area contributed by atoms with Gasteiger partial charge in [0.05, 0.1) is 5.69 Å².